The molecular formula is C14H23NO3. The first-order valence-electron chi connectivity index (χ1n) is 6.13. The van der Waals surface area contributed by atoms with Crippen molar-refractivity contribution in [3.05, 3.63) is 28.3 Å². The fraction of sp³-hybridized carbons (Fsp3) is 0.571. The van der Waals surface area contributed by atoms with E-state index in [0.29, 0.717) is 6.54 Å². The van der Waals surface area contributed by atoms with Gasteiger partial charge >= 0.3 is 0 Å². The van der Waals surface area contributed by atoms with E-state index in [1.54, 1.807) is 7.11 Å². The summed E-state index contributed by atoms with van der Waals surface area (Å²) in [4.78, 5) is 0. The van der Waals surface area contributed by atoms with Crippen molar-refractivity contribution in [2.45, 2.75) is 33.4 Å². The Morgan fingerprint density at radius 3 is 2.28 bits per heavy atom. The summed E-state index contributed by atoms with van der Waals surface area (Å²) in [7, 11) is 1.68. The third-order valence-corrected chi connectivity index (χ3v) is 3.36. The molecule has 0 unspecified atom stereocenters. The van der Waals surface area contributed by atoms with Gasteiger partial charge in [0.2, 0.25) is 0 Å². The van der Waals surface area contributed by atoms with E-state index in [1.165, 1.54) is 5.56 Å². The average molecular weight is 253 g/mol. The van der Waals surface area contributed by atoms with Crippen LogP contribution in [-0.2, 0) is 6.54 Å². The quantitative estimate of drug-likeness (QED) is 0.709. The molecule has 1 rings (SSSR count). The summed E-state index contributed by atoms with van der Waals surface area (Å²) in [6, 6.07) is 1.81. The second-order valence-corrected chi connectivity index (χ2v) is 4.58. The molecule has 3 N–H and O–H groups in total. The number of aliphatic hydroxyl groups excluding tert-OH is 2. The van der Waals surface area contributed by atoms with Crippen LogP contribution in [0.25, 0.3) is 0 Å². The maximum Gasteiger partial charge on any atom is 0.124 e. The van der Waals surface area contributed by atoms with E-state index in [2.05, 4.69) is 18.3 Å². The number of ether oxygens (including phenoxy) is 1. The van der Waals surface area contributed by atoms with Crippen LogP contribution in [0.5, 0.6) is 5.75 Å². The minimum Gasteiger partial charge on any atom is -0.496 e. The molecule has 0 heterocycles. The van der Waals surface area contributed by atoms with Crippen LogP contribution < -0.4 is 10.1 Å². The summed E-state index contributed by atoms with van der Waals surface area (Å²) in [5.74, 6) is 0.928. The summed E-state index contributed by atoms with van der Waals surface area (Å²) in [5, 5.41) is 21.2. The number of hydrogen-bond donors (Lipinski definition) is 3. The zero-order valence-corrected chi connectivity index (χ0v) is 11.6. The summed E-state index contributed by atoms with van der Waals surface area (Å²) in [6.45, 7) is 6.61. The smallest absolute Gasteiger partial charge is 0.124 e. The van der Waals surface area contributed by atoms with Gasteiger partial charge in [-0.15, -0.1) is 0 Å². The van der Waals surface area contributed by atoms with E-state index < -0.39 is 0 Å². The van der Waals surface area contributed by atoms with E-state index in [4.69, 9.17) is 14.9 Å². The van der Waals surface area contributed by atoms with E-state index in [0.717, 1.165) is 22.4 Å². The number of nitrogens with one attached hydrogen (secondary N) is 1. The Kier molecular flexibility index (Phi) is 5.59. The van der Waals surface area contributed by atoms with E-state index in [1.807, 2.05) is 13.8 Å². The zero-order valence-electron chi connectivity index (χ0n) is 11.6. The number of rotatable bonds is 6. The summed E-state index contributed by atoms with van der Waals surface area (Å²) in [5.41, 5.74) is 4.58. The molecule has 0 aromatic heterocycles. The predicted octanol–water partition coefficient (Wildman–Crippen LogP) is 1.06. The van der Waals surface area contributed by atoms with Crippen LogP contribution >= 0.6 is 0 Å². The fourth-order valence-electron chi connectivity index (χ4n) is 2.08. The van der Waals surface area contributed by atoms with Crippen molar-refractivity contribution in [1.82, 2.24) is 5.32 Å². The maximum atomic E-state index is 9.02. The van der Waals surface area contributed by atoms with Crippen LogP contribution in [0, 0.1) is 20.8 Å². The van der Waals surface area contributed by atoms with Gasteiger partial charge in [0.15, 0.2) is 0 Å². The van der Waals surface area contributed by atoms with Crippen molar-refractivity contribution in [2.75, 3.05) is 20.3 Å². The van der Waals surface area contributed by atoms with Gasteiger partial charge in [0.25, 0.3) is 0 Å². The van der Waals surface area contributed by atoms with Gasteiger partial charge in [-0.05, 0) is 43.0 Å². The first kappa shape index (κ1) is 15.0. The molecule has 18 heavy (non-hydrogen) atoms. The number of benzene rings is 1. The van der Waals surface area contributed by atoms with Crippen LogP contribution in [0.2, 0.25) is 0 Å². The molecule has 0 aliphatic carbocycles. The Morgan fingerprint density at radius 1 is 1.17 bits per heavy atom. The highest BCUT2D eigenvalue weighted by molar-refractivity contribution is 5.48. The summed E-state index contributed by atoms with van der Waals surface area (Å²) >= 11 is 0. The highest BCUT2D eigenvalue weighted by Gasteiger charge is 2.12. The van der Waals surface area contributed by atoms with E-state index >= 15 is 0 Å². The molecule has 0 saturated carbocycles. The third-order valence-electron chi connectivity index (χ3n) is 3.36. The van der Waals surface area contributed by atoms with Gasteiger partial charge in [-0.3, -0.25) is 0 Å². The molecule has 0 amide bonds. The second-order valence-electron chi connectivity index (χ2n) is 4.58. The molecule has 0 fully saturated rings. The van der Waals surface area contributed by atoms with Crippen molar-refractivity contribution in [2.24, 2.45) is 0 Å². The molecular weight excluding hydrogens is 230 g/mol. The Bertz CT molecular complexity index is 401. The van der Waals surface area contributed by atoms with Gasteiger partial charge in [0.1, 0.15) is 5.75 Å². The Morgan fingerprint density at radius 2 is 1.78 bits per heavy atom. The molecule has 0 spiro atoms. The standard InChI is InChI=1S/C14H23NO3/c1-9-5-12(6-15-13(7-16)8-17)10(2)11(3)14(9)18-4/h5,13,15-17H,6-8H2,1-4H3. The van der Waals surface area contributed by atoms with Crippen LogP contribution in [0.15, 0.2) is 6.07 Å². The molecule has 4 nitrogen and oxygen atoms in total. The molecule has 0 aliphatic rings. The summed E-state index contributed by atoms with van der Waals surface area (Å²) in [6.07, 6.45) is 0. The SMILES string of the molecule is COc1c(C)cc(CNC(CO)CO)c(C)c1C. The van der Waals surface area contributed by atoms with Gasteiger partial charge in [0, 0.05) is 6.54 Å². The van der Waals surface area contributed by atoms with Crippen LogP contribution in [0.4, 0.5) is 0 Å². The minimum absolute atomic E-state index is 0.0658. The van der Waals surface area contributed by atoms with Gasteiger partial charge in [-0.2, -0.15) is 0 Å². The Labute approximate surface area is 109 Å². The van der Waals surface area contributed by atoms with Crippen LogP contribution in [-0.4, -0.2) is 36.6 Å². The first-order chi connectivity index (χ1) is 8.54. The lowest BCUT2D eigenvalue weighted by atomic mass is 9.98. The van der Waals surface area contributed by atoms with Gasteiger partial charge in [-0.1, -0.05) is 6.07 Å². The first-order valence-corrected chi connectivity index (χ1v) is 6.13. The average Bonchev–Trinajstić information content (AvgIpc) is 2.37. The lowest BCUT2D eigenvalue weighted by molar-refractivity contribution is 0.170. The monoisotopic (exact) mass is 253 g/mol. The molecule has 0 bridgehead atoms. The molecule has 0 aliphatic heterocycles. The largest absolute Gasteiger partial charge is 0.496 e. The van der Waals surface area contributed by atoms with Crippen molar-refractivity contribution in [3.8, 4) is 5.75 Å². The number of methoxy groups -OCH3 is 1. The molecule has 1 aromatic rings. The molecule has 4 heteroatoms. The molecule has 0 saturated heterocycles. The molecule has 0 atom stereocenters. The Hall–Kier alpha value is -1.10. The molecule has 1 aromatic carbocycles. The maximum absolute atomic E-state index is 9.02. The minimum atomic E-state index is -0.271. The highest BCUT2D eigenvalue weighted by Crippen LogP contribution is 2.28. The fourth-order valence-corrected chi connectivity index (χ4v) is 2.08. The summed E-state index contributed by atoms with van der Waals surface area (Å²) < 4.78 is 5.38. The lowest BCUT2D eigenvalue weighted by Gasteiger charge is -2.18. The van der Waals surface area contributed by atoms with Gasteiger partial charge in [-0.25, -0.2) is 0 Å². The number of hydrogen-bond acceptors (Lipinski definition) is 4. The topological polar surface area (TPSA) is 61.7 Å². The zero-order chi connectivity index (χ0) is 13.7. The van der Waals surface area contributed by atoms with E-state index in [9.17, 15) is 0 Å². The Balaban J connectivity index is 2.90. The van der Waals surface area contributed by atoms with Crippen LogP contribution in [0.1, 0.15) is 22.3 Å². The normalized spacial score (nSPS) is 11.1. The highest BCUT2D eigenvalue weighted by atomic mass is 16.5. The third kappa shape index (κ3) is 3.22. The van der Waals surface area contributed by atoms with Gasteiger partial charge < -0.3 is 20.3 Å². The van der Waals surface area contributed by atoms with Crippen molar-refractivity contribution in [1.29, 1.82) is 0 Å². The van der Waals surface area contributed by atoms with Gasteiger partial charge in [0.05, 0.1) is 26.4 Å². The second kappa shape index (κ2) is 6.73. The van der Waals surface area contributed by atoms with Crippen molar-refractivity contribution >= 4 is 0 Å². The predicted molar refractivity (Wildman–Crippen MR) is 72.0 cm³/mol. The lowest BCUT2D eigenvalue weighted by Crippen LogP contribution is -2.35. The van der Waals surface area contributed by atoms with Crippen LogP contribution in [0.3, 0.4) is 0 Å². The molecule has 0 radical (unpaired) electrons. The van der Waals surface area contributed by atoms with Crippen molar-refractivity contribution < 1.29 is 14.9 Å². The molecule has 102 valence electrons. The van der Waals surface area contributed by atoms with Crippen molar-refractivity contribution in [3.63, 3.8) is 0 Å². The number of aliphatic hydroxyl groups is 2. The van der Waals surface area contributed by atoms with E-state index in [-0.39, 0.29) is 19.3 Å². The number of aryl methyl sites for hydroxylation is 1.